The second-order valence-corrected chi connectivity index (χ2v) is 6.66. The molecule has 1 aromatic heterocycles. The van der Waals surface area contributed by atoms with Crippen LogP contribution in [0.4, 0.5) is 18.3 Å². The highest BCUT2D eigenvalue weighted by atomic mass is 32.1. The number of nitrogens with zero attached hydrogens (tertiary/aromatic N) is 4. The number of likely N-dealkylation sites (tertiary alicyclic amines) is 1. The maximum atomic E-state index is 12.6. The summed E-state index contributed by atoms with van der Waals surface area (Å²) in [5.41, 5.74) is 0. The Morgan fingerprint density at radius 1 is 0.952 bits per heavy atom. The van der Waals surface area contributed by atoms with Gasteiger partial charge in [0.1, 0.15) is 0 Å². The van der Waals surface area contributed by atoms with Crippen molar-refractivity contribution in [3.63, 3.8) is 0 Å². The molecule has 0 aromatic carbocycles. The number of halogens is 3. The van der Waals surface area contributed by atoms with Gasteiger partial charge in [0.2, 0.25) is 10.1 Å². The van der Waals surface area contributed by atoms with Gasteiger partial charge in [0, 0.05) is 19.1 Å². The zero-order valence-corrected chi connectivity index (χ0v) is 12.6. The number of aromatic nitrogens is 2. The molecule has 1 atom stereocenters. The number of alkyl halides is 3. The van der Waals surface area contributed by atoms with Gasteiger partial charge in [-0.2, -0.15) is 13.2 Å². The molecule has 2 fully saturated rings. The van der Waals surface area contributed by atoms with E-state index in [1.807, 2.05) is 4.90 Å². The number of hydrogen-bond donors (Lipinski definition) is 0. The third-order valence-electron chi connectivity index (χ3n) is 4.28. The van der Waals surface area contributed by atoms with E-state index in [4.69, 9.17) is 0 Å². The Bertz CT molecular complexity index is 470. The quantitative estimate of drug-likeness (QED) is 0.838. The van der Waals surface area contributed by atoms with E-state index in [-0.39, 0.29) is 0 Å². The van der Waals surface area contributed by atoms with Gasteiger partial charge in [0.15, 0.2) is 0 Å². The smallest absolute Gasteiger partial charge is 0.347 e. The molecule has 0 amide bonds. The molecule has 0 spiro atoms. The first kappa shape index (κ1) is 15.0. The zero-order valence-electron chi connectivity index (χ0n) is 11.8. The number of hydrogen-bond acceptors (Lipinski definition) is 5. The van der Waals surface area contributed by atoms with Crippen LogP contribution in [-0.4, -0.2) is 47.3 Å². The van der Waals surface area contributed by atoms with E-state index in [1.54, 1.807) is 0 Å². The minimum atomic E-state index is -4.39. The summed E-state index contributed by atoms with van der Waals surface area (Å²) in [6, 6.07) is 0.576. The van der Waals surface area contributed by atoms with Crippen LogP contribution in [0.15, 0.2) is 0 Å². The third kappa shape index (κ3) is 3.48. The lowest BCUT2D eigenvalue weighted by atomic mass is 10.1. The molecule has 1 unspecified atom stereocenters. The van der Waals surface area contributed by atoms with Crippen molar-refractivity contribution < 1.29 is 13.2 Å². The van der Waals surface area contributed by atoms with Crippen LogP contribution < -0.4 is 4.90 Å². The highest BCUT2D eigenvalue weighted by Gasteiger charge is 2.36. The van der Waals surface area contributed by atoms with Gasteiger partial charge in [-0.05, 0) is 45.2 Å². The van der Waals surface area contributed by atoms with Crippen LogP contribution in [0.3, 0.4) is 0 Å². The van der Waals surface area contributed by atoms with Gasteiger partial charge in [-0.1, -0.05) is 11.3 Å². The van der Waals surface area contributed by atoms with Gasteiger partial charge >= 0.3 is 6.18 Å². The number of anilines is 1. The molecule has 0 saturated carbocycles. The van der Waals surface area contributed by atoms with Crippen molar-refractivity contribution in [2.24, 2.45) is 0 Å². The van der Waals surface area contributed by atoms with Gasteiger partial charge < -0.3 is 9.80 Å². The lowest BCUT2D eigenvalue weighted by Gasteiger charge is -2.26. The van der Waals surface area contributed by atoms with E-state index in [2.05, 4.69) is 15.1 Å². The largest absolute Gasteiger partial charge is 0.445 e. The standard InChI is InChI=1S/C13H19F3N4S/c14-13(15,16)11-17-18-12(21-11)20-8-3-4-10(5-9-20)19-6-1-2-7-19/h10H,1-9H2. The van der Waals surface area contributed by atoms with Crippen molar-refractivity contribution in [2.45, 2.75) is 44.3 Å². The Morgan fingerprint density at radius 3 is 2.38 bits per heavy atom. The Hall–Kier alpha value is -0.890. The average molecular weight is 320 g/mol. The van der Waals surface area contributed by atoms with Gasteiger partial charge in [0.25, 0.3) is 0 Å². The Morgan fingerprint density at radius 2 is 1.71 bits per heavy atom. The molecule has 0 N–H and O–H groups in total. The van der Waals surface area contributed by atoms with Gasteiger partial charge in [-0.25, -0.2) is 0 Å². The Labute approximate surface area is 125 Å². The lowest BCUT2D eigenvalue weighted by molar-refractivity contribution is -0.138. The molecule has 2 aliphatic heterocycles. The van der Waals surface area contributed by atoms with E-state index in [0.717, 1.165) is 32.4 Å². The zero-order chi connectivity index (χ0) is 14.9. The average Bonchev–Trinajstić information content (AvgIpc) is 3.06. The van der Waals surface area contributed by atoms with Crippen LogP contribution in [0, 0.1) is 0 Å². The molecule has 2 saturated heterocycles. The van der Waals surface area contributed by atoms with Crippen LogP contribution in [-0.2, 0) is 6.18 Å². The van der Waals surface area contributed by atoms with Crippen molar-refractivity contribution in [1.82, 2.24) is 15.1 Å². The fourth-order valence-electron chi connectivity index (χ4n) is 3.20. The van der Waals surface area contributed by atoms with Gasteiger partial charge in [0.05, 0.1) is 0 Å². The van der Waals surface area contributed by atoms with E-state index in [0.29, 0.717) is 22.5 Å². The Balaban J connectivity index is 1.63. The van der Waals surface area contributed by atoms with Crippen LogP contribution in [0.25, 0.3) is 0 Å². The van der Waals surface area contributed by atoms with E-state index >= 15 is 0 Å². The predicted molar refractivity (Wildman–Crippen MR) is 75.6 cm³/mol. The summed E-state index contributed by atoms with van der Waals surface area (Å²) in [5.74, 6) is 0. The number of rotatable bonds is 2. The second kappa shape index (κ2) is 6.08. The van der Waals surface area contributed by atoms with E-state index in [9.17, 15) is 13.2 Å². The highest BCUT2D eigenvalue weighted by molar-refractivity contribution is 7.15. The van der Waals surface area contributed by atoms with Crippen LogP contribution >= 0.6 is 11.3 Å². The van der Waals surface area contributed by atoms with Gasteiger partial charge in [-0.15, -0.1) is 10.2 Å². The van der Waals surface area contributed by atoms with Crippen molar-refractivity contribution in [3.8, 4) is 0 Å². The monoisotopic (exact) mass is 320 g/mol. The molecule has 118 valence electrons. The maximum Gasteiger partial charge on any atom is 0.445 e. The predicted octanol–water partition coefficient (Wildman–Crippen LogP) is 3.01. The molecule has 4 nitrogen and oxygen atoms in total. The third-order valence-corrected chi connectivity index (χ3v) is 5.31. The van der Waals surface area contributed by atoms with Crippen LogP contribution in [0.2, 0.25) is 0 Å². The van der Waals surface area contributed by atoms with Crippen molar-refractivity contribution >= 4 is 16.5 Å². The minimum absolute atomic E-state index is 0.407. The Kier molecular flexibility index (Phi) is 4.35. The first-order valence-corrected chi connectivity index (χ1v) is 8.25. The SMILES string of the molecule is FC(F)(F)c1nnc(N2CCCC(N3CCCC3)CC2)s1. The molecular formula is C13H19F3N4S. The molecule has 0 bridgehead atoms. The fraction of sp³-hybridized carbons (Fsp3) is 0.846. The summed E-state index contributed by atoms with van der Waals surface area (Å²) in [5, 5.41) is 6.57. The van der Waals surface area contributed by atoms with Gasteiger partial charge in [-0.3, -0.25) is 0 Å². The van der Waals surface area contributed by atoms with E-state index in [1.165, 1.54) is 25.9 Å². The van der Waals surface area contributed by atoms with E-state index < -0.39 is 11.2 Å². The molecule has 8 heteroatoms. The second-order valence-electron chi connectivity index (χ2n) is 5.70. The summed E-state index contributed by atoms with van der Waals surface area (Å²) >= 11 is 0.654. The fourth-order valence-corrected chi connectivity index (χ4v) is 3.96. The molecule has 21 heavy (non-hydrogen) atoms. The maximum absolute atomic E-state index is 12.6. The summed E-state index contributed by atoms with van der Waals surface area (Å²) in [6.45, 7) is 3.88. The molecule has 0 aliphatic carbocycles. The summed E-state index contributed by atoms with van der Waals surface area (Å²) in [4.78, 5) is 4.49. The molecule has 0 radical (unpaired) electrons. The lowest BCUT2D eigenvalue weighted by Crippen LogP contribution is -2.33. The first-order valence-electron chi connectivity index (χ1n) is 7.44. The first-order chi connectivity index (χ1) is 10.0. The van der Waals surface area contributed by atoms with Crippen LogP contribution in [0.1, 0.15) is 37.1 Å². The molecular weight excluding hydrogens is 301 g/mol. The normalized spacial score (nSPS) is 25.3. The highest BCUT2D eigenvalue weighted by Crippen LogP contribution is 2.35. The van der Waals surface area contributed by atoms with Crippen molar-refractivity contribution in [1.29, 1.82) is 0 Å². The molecule has 3 heterocycles. The molecule has 2 aliphatic rings. The molecule has 1 aromatic rings. The van der Waals surface area contributed by atoms with Crippen molar-refractivity contribution in [3.05, 3.63) is 5.01 Å². The van der Waals surface area contributed by atoms with Crippen molar-refractivity contribution in [2.75, 3.05) is 31.1 Å². The summed E-state index contributed by atoms with van der Waals surface area (Å²) in [7, 11) is 0. The summed E-state index contributed by atoms with van der Waals surface area (Å²) in [6.07, 6.45) is 1.28. The van der Waals surface area contributed by atoms with Crippen LogP contribution in [0.5, 0.6) is 0 Å². The molecule has 3 rings (SSSR count). The topological polar surface area (TPSA) is 32.3 Å². The minimum Gasteiger partial charge on any atom is -0.347 e. The summed E-state index contributed by atoms with van der Waals surface area (Å²) < 4.78 is 37.8.